The fraction of sp³-hybridized carbons (Fsp3) is 0.182. The monoisotopic (exact) mass is 310 g/mol. The molecule has 0 fully saturated rings. The van der Waals surface area contributed by atoms with Gasteiger partial charge in [-0.15, -0.1) is 5.10 Å². The van der Waals surface area contributed by atoms with Gasteiger partial charge in [-0.3, -0.25) is 0 Å². The first-order valence-electron chi connectivity index (χ1n) is 5.12. The molecule has 0 aliphatic rings. The van der Waals surface area contributed by atoms with Crippen molar-refractivity contribution in [1.82, 2.24) is 14.8 Å². The number of hydrogen-bond donors (Lipinski definition) is 1. The highest BCUT2D eigenvalue weighted by Crippen LogP contribution is 2.19. The van der Waals surface area contributed by atoms with Gasteiger partial charge in [-0.1, -0.05) is 22.0 Å². The van der Waals surface area contributed by atoms with Gasteiger partial charge in [0, 0.05) is 10.2 Å². The van der Waals surface area contributed by atoms with Crippen molar-refractivity contribution in [3.05, 3.63) is 40.4 Å². The van der Waals surface area contributed by atoms with Crippen LogP contribution < -0.4 is 5.73 Å². The van der Waals surface area contributed by atoms with Crippen molar-refractivity contribution < 1.29 is 9.53 Å². The summed E-state index contributed by atoms with van der Waals surface area (Å²) in [6.07, 6.45) is 1.47. The molecule has 2 N–H and O–H groups in total. The average Bonchev–Trinajstić information content (AvgIpc) is 2.80. The van der Waals surface area contributed by atoms with E-state index in [2.05, 4.69) is 30.7 Å². The van der Waals surface area contributed by atoms with Crippen LogP contribution in [0.3, 0.4) is 0 Å². The highest BCUT2D eigenvalue weighted by molar-refractivity contribution is 9.10. The van der Waals surface area contributed by atoms with E-state index in [1.54, 1.807) is 0 Å². The maximum absolute atomic E-state index is 11.2. The minimum absolute atomic E-state index is 0.0354. The van der Waals surface area contributed by atoms with Gasteiger partial charge >= 0.3 is 5.97 Å². The molecule has 18 heavy (non-hydrogen) atoms. The summed E-state index contributed by atoms with van der Waals surface area (Å²) in [4.78, 5) is 15.1. The molecule has 0 amide bonds. The number of methoxy groups -OCH3 is 1. The van der Waals surface area contributed by atoms with Crippen LogP contribution in [0.4, 0.5) is 5.69 Å². The number of ether oxygens (including phenoxy) is 1. The standard InChI is InChI=1S/C11H11BrN4O2/c1-18-11(17)10-14-6-16(15-10)5-7-2-3-8(12)4-9(7)13/h2-4,6H,5,13H2,1H3. The minimum atomic E-state index is -0.558. The van der Waals surface area contributed by atoms with Crippen molar-refractivity contribution in [2.24, 2.45) is 0 Å². The van der Waals surface area contributed by atoms with Gasteiger partial charge in [0.2, 0.25) is 0 Å². The quantitative estimate of drug-likeness (QED) is 0.685. The molecule has 94 valence electrons. The molecular weight excluding hydrogens is 300 g/mol. The van der Waals surface area contributed by atoms with Crippen molar-refractivity contribution >= 4 is 27.6 Å². The lowest BCUT2D eigenvalue weighted by atomic mass is 10.2. The predicted octanol–water partition coefficient (Wildman–Crippen LogP) is 1.46. The van der Waals surface area contributed by atoms with Gasteiger partial charge in [0.15, 0.2) is 0 Å². The Morgan fingerprint density at radius 1 is 1.56 bits per heavy atom. The molecule has 6 nitrogen and oxygen atoms in total. The van der Waals surface area contributed by atoms with E-state index in [1.165, 1.54) is 18.1 Å². The van der Waals surface area contributed by atoms with E-state index in [1.807, 2.05) is 18.2 Å². The number of aromatic nitrogens is 3. The van der Waals surface area contributed by atoms with Crippen molar-refractivity contribution in [3.63, 3.8) is 0 Å². The summed E-state index contributed by atoms with van der Waals surface area (Å²) in [7, 11) is 1.29. The van der Waals surface area contributed by atoms with Gasteiger partial charge in [0.1, 0.15) is 6.33 Å². The van der Waals surface area contributed by atoms with Crippen LogP contribution in [0.2, 0.25) is 0 Å². The number of halogens is 1. The Bertz CT molecular complexity index is 582. The van der Waals surface area contributed by atoms with E-state index in [0.717, 1.165) is 10.0 Å². The van der Waals surface area contributed by atoms with Crippen LogP contribution in [-0.2, 0) is 11.3 Å². The number of nitrogens with two attached hydrogens (primary N) is 1. The fourth-order valence-electron chi connectivity index (χ4n) is 1.44. The summed E-state index contributed by atoms with van der Waals surface area (Å²) in [5.74, 6) is -0.522. The maximum Gasteiger partial charge on any atom is 0.377 e. The van der Waals surface area contributed by atoms with Crippen molar-refractivity contribution in [3.8, 4) is 0 Å². The van der Waals surface area contributed by atoms with Crippen LogP contribution in [0.25, 0.3) is 0 Å². The molecular formula is C11H11BrN4O2. The van der Waals surface area contributed by atoms with E-state index in [9.17, 15) is 4.79 Å². The molecule has 0 spiro atoms. The molecule has 7 heteroatoms. The Hall–Kier alpha value is -1.89. The largest absolute Gasteiger partial charge is 0.463 e. The molecule has 0 bridgehead atoms. The van der Waals surface area contributed by atoms with Crippen LogP contribution in [0.15, 0.2) is 29.0 Å². The summed E-state index contributed by atoms with van der Waals surface area (Å²) in [6.45, 7) is 0.448. The molecule has 0 saturated heterocycles. The van der Waals surface area contributed by atoms with Gasteiger partial charge in [-0.2, -0.15) is 0 Å². The number of carbonyl (C=O) groups is 1. The topological polar surface area (TPSA) is 83.0 Å². The normalized spacial score (nSPS) is 10.3. The second kappa shape index (κ2) is 5.18. The number of carbonyl (C=O) groups excluding carboxylic acids is 1. The Kier molecular flexibility index (Phi) is 3.61. The van der Waals surface area contributed by atoms with Gasteiger partial charge in [0.25, 0.3) is 5.82 Å². The summed E-state index contributed by atoms with van der Waals surface area (Å²) in [5.41, 5.74) is 7.43. The van der Waals surface area contributed by atoms with Crippen LogP contribution >= 0.6 is 15.9 Å². The summed E-state index contributed by atoms with van der Waals surface area (Å²) in [5, 5.41) is 4.00. The van der Waals surface area contributed by atoms with Gasteiger partial charge in [-0.25, -0.2) is 14.5 Å². The highest BCUT2D eigenvalue weighted by Gasteiger charge is 2.11. The molecule has 2 aromatic rings. The third-order valence-corrected chi connectivity index (χ3v) is 2.84. The van der Waals surface area contributed by atoms with E-state index in [4.69, 9.17) is 5.73 Å². The van der Waals surface area contributed by atoms with Gasteiger partial charge < -0.3 is 10.5 Å². The second-order valence-electron chi connectivity index (χ2n) is 3.60. The Morgan fingerprint density at radius 3 is 3.00 bits per heavy atom. The maximum atomic E-state index is 11.2. The fourth-order valence-corrected chi connectivity index (χ4v) is 1.82. The van der Waals surface area contributed by atoms with Crippen LogP contribution in [0.1, 0.15) is 16.2 Å². The first kappa shape index (κ1) is 12.6. The average molecular weight is 311 g/mol. The number of esters is 1. The minimum Gasteiger partial charge on any atom is -0.463 e. The number of benzene rings is 1. The van der Waals surface area contributed by atoms with Crippen molar-refractivity contribution in [2.45, 2.75) is 6.54 Å². The lowest BCUT2D eigenvalue weighted by Crippen LogP contribution is -2.07. The van der Waals surface area contributed by atoms with E-state index in [-0.39, 0.29) is 5.82 Å². The van der Waals surface area contributed by atoms with E-state index < -0.39 is 5.97 Å². The lowest BCUT2D eigenvalue weighted by Gasteiger charge is -2.05. The molecule has 1 aromatic carbocycles. The molecule has 0 saturated carbocycles. The molecule has 0 atom stereocenters. The molecule has 2 rings (SSSR count). The van der Waals surface area contributed by atoms with E-state index in [0.29, 0.717) is 12.2 Å². The number of nitrogens with zero attached hydrogens (tertiary/aromatic N) is 3. The molecule has 0 unspecified atom stereocenters. The van der Waals surface area contributed by atoms with Crippen LogP contribution in [0.5, 0.6) is 0 Å². The number of anilines is 1. The zero-order chi connectivity index (χ0) is 13.1. The third kappa shape index (κ3) is 2.67. The first-order valence-corrected chi connectivity index (χ1v) is 5.91. The Balaban J connectivity index is 2.18. The highest BCUT2D eigenvalue weighted by atomic mass is 79.9. The molecule has 1 aromatic heterocycles. The SMILES string of the molecule is COC(=O)c1ncn(Cc2ccc(Br)cc2N)n1. The van der Waals surface area contributed by atoms with Crippen LogP contribution in [0, 0.1) is 0 Å². The summed E-state index contributed by atoms with van der Waals surface area (Å²) >= 11 is 3.34. The zero-order valence-electron chi connectivity index (χ0n) is 9.63. The van der Waals surface area contributed by atoms with Crippen molar-refractivity contribution in [2.75, 3.05) is 12.8 Å². The molecule has 0 radical (unpaired) electrons. The zero-order valence-corrected chi connectivity index (χ0v) is 11.2. The summed E-state index contributed by atoms with van der Waals surface area (Å²) in [6, 6.07) is 5.59. The van der Waals surface area contributed by atoms with Crippen molar-refractivity contribution in [1.29, 1.82) is 0 Å². The summed E-state index contributed by atoms with van der Waals surface area (Å²) < 4.78 is 6.98. The number of hydrogen-bond acceptors (Lipinski definition) is 5. The third-order valence-electron chi connectivity index (χ3n) is 2.34. The van der Waals surface area contributed by atoms with Gasteiger partial charge in [-0.05, 0) is 17.7 Å². The molecule has 0 aliphatic heterocycles. The molecule has 0 aliphatic carbocycles. The predicted molar refractivity (Wildman–Crippen MR) is 69.0 cm³/mol. The second-order valence-corrected chi connectivity index (χ2v) is 4.52. The molecule has 1 heterocycles. The Morgan fingerprint density at radius 2 is 2.33 bits per heavy atom. The van der Waals surface area contributed by atoms with E-state index >= 15 is 0 Å². The van der Waals surface area contributed by atoms with Gasteiger partial charge in [0.05, 0.1) is 13.7 Å². The Labute approximate surface area is 112 Å². The smallest absolute Gasteiger partial charge is 0.377 e. The lowest BCUT2D eigenvalue weighted by molar-refractivity contribution is 0.0586. The first-order chi connectivity index (χ1) is 8.60. The number of nitrogen functional groups attached to an aromatic ring is 1. The van der Waals surface area contributed by atoms with Crippen LogP contribution in [-0.4, -0.2) is 27.8 Å². The number of rotatable bonds is 3.